The van der Waals surface area contributed by atoms with E-state index in [9.17, 15) is 9.59 Å². The van der Waals surface area contributed by atoms with Crippen molar-refractivity contribution in [3.63, 3.8) is 0 Å². The van der Waals surface area contributed by atoms with Gasteiger partial charge in [-0.05, 0) is 12.8 Å². The molecule has 1 aliphatic carbocycles. The number of hydrogen-bond acceptors (Lipinski definition) is 4. The molecule has 0 unspecified atom stereocenters. The summed E-state index contributed by atoms with van der Waals surface area (Å²) in [5.41, 5.74) is 0. The monoisotopic (exact) mass is 224 g/mol. The average molecular weight is 224 g/mol. The summed E-state index contributed by atoms with van der Waals surface area (Å²) in [4.78, 5) is 27.5. The van der Waals surface area contributed by atoms with Crippen LogP contribution in [-0.4, -0.2) is 49.2 Å². The van der Waals surface area contributed by atoms with Crippen LogP contribution in [0.5, 0.6) is 0 Å². The van der Waals surface area contributed by atoms with Gasteiger partial charge in [0.1, 0.15) is 25.7 Å². The predicted molar refractivity (Wildman–Crippen MR) is 52.4 cm³/mol. The van der Waals surface area contributed by atoms with E-state index in [4.69, 9.17) is 5.11 Å². The van der Waals surface area contributed by atoms with E-state index in [1.807, 2.05) is 0 Å². The molecule has 1 fully saturated rings. The molecule has 0 spiro atoms. The first kappa shape index (κ1) is 10.6. The number of carboxylic acid groups (broad SMARTS) is 1. The lowest BCUT2D eigenvalue weighted by Crippen LogP contribution is -2.39. The van der Waals surface area contributed by atoms with Gasteiger partial charge in [-0.15, -0.1) is 0 Å². The van der Waals surface area contributed by atoms with Crippen LogP contribution in [0.4, 0.5) is 0 Å². The minimum absolute atomic E-state index is 0.0454. The fourth-order valence-corrected chi connectivity index (χ4v) is 1.50. The van der Waals surface area contributed by atoms with Gasteiger partial charge in [0.2, 0.25) is 5.91 Å². The standard InChI is InChI=1S/C9H12N4O3/c14-8(3-12-6-10-5-11-12)13(4-9(15)16)7-1-2-7/h5-7H,1-4H2,(H,15,16). The molecule has 1 amide bonds. The Labute approximate surface area is 91.7 Å². The van der Waals surface area contributed by atoms with Crippen LogP contribution in [0.2, 0.25) is 0 Å². The van der Waals surface area contributed by atoms with Gasteiger partial charge in [-0.25, -0.2) is 9.67 Å². The highest BCUT2D eigenvalue weighted by Gasteiger charge is 2.33. The minimum Gasteiger partial charge on any atom is -0.480 e. The summed E-state index contributed by atoms with van der Waals surface area (Å²) in [7, 11) is 0. The molecule has 1 N–H and O–H groups in total. The molecule has 86 valence electrons. The molecule has 16 heavy (non-hydrogen) atoms. The lowest BCUT2D eigenvalue weighted by Gasteiger charge is -2.19. The van der Waals surface area contributed by atoms with Crippen molar-refractivity contribution >= 4 is 11.9 Å². The SMILES string of the molecule is O=C(O)CN(C(=O)Cn1cncn1)C1CC1. The lowest BCUT2D eigenvalue weighted by molar-refractivity contribution is -0.145. The Hall–Kier alpha value is -1.92. The third-order valence-corrected chi connectivity index (χ3v) is 2.38. The maximum Gasteiger partial charge on any atom is 0.323 e. The van der Waals surface area contributed by atoms with Gasteiger partial charge < -0.3 is 10.0 Å². The average Bonchev–Trinajstić information content (AvgIpc) is 2.94. The number of carboxylic acids is 1. The second-order valence-electron chi connectivity index (χ2n) is 3.74. The van der Waals surface area contributed by atoms with E-state index in [0.717, 1.165) is 12.8 Å². The van der Waals surface area contributed by atoms with Crippen molar-refractivity contribution < 1.29 is 14.7 Å². The second-order valence-corrected chi connectivity index (χ2v) is 3.74. The van der Waals surface area contributed by atoms with Crippen molar-refractivity contribution in [3.05, 3.63) is 12.7 Å². The maximum atomic E-state index is 11.8. The van der Waals surface area contributed by atoms with Crippen LogP contribution < -0.4 is 0 Å². The molecule has 1 aliphatic rings. The third kappa shape index (κ3) is 2.56. The number of carbonyl (C=O) groups is 2. The van der Waals surface area contributed by atoms with E-state index < -0.39 is 5.97 Å². The van der Waals surface area contributed by atoms with Crippen LogP contribution in [0, 0.1) is 0 Å². The first-order valence-corrected chi connectivity index (χ1v) is 5.00. The molecule has 0 saturated heterocycles. The van der Waals surface area contributed by atoms with Gasteiger partial charge in [0.15, 0.2) is 0 Å². The van der Waals surface area contributed by atoms with E-state index >= 15 is 0 Å². The number of nitrogens with zero attached hydrogens (tertiary/aromatic N) is 4. The molecule has 0 atom stereocenters. The summed E-state index contributed by atoms with van der Waals surface area (Å²) < 4.78 is 1.39. The number of aliphatic carboxylic acids is 1. The van der Waals surface area contributed by atoms with E-state index in [1.165, 1.54) is 22.2 Å². The van der Waals surface area contributed by atoms with Crippen molar-refractivity contribution in [2.24, 2.45) is 0 Å². The fraction of sp³-hybridized carbons (Fsp3) is 0.556. The van der Waals surface area contributed by atoms with Crippen molar-refractivity contribution in [1.82, 2.24) is 19.7 Å². The van der Waals surface area contributed by atoms with Crippen LogP contribution >= 0.6 is 0 Å². The Morgan fingerprint density at radius 3 is 2.75 bits per heavy atom. The van der Waals surface area contributed by atoms with Crippen LogP contribution in [0.1, 0.15) is 12.8 Å². The Morgan fingerprint density at radius 1 is 1.50 bits per heavy atom. The largest absolute Gasteiger partial charge is 0.480 e. The minimum atomic E-state index is -0.987. The highest BCUT2D eigenvalue weighted by atomic mass is 16.4. The zero-order valence-electron chi connectivity index (χ0n) is 8.61. The summed E-state index contributed by atoms with van der Waals surface area (Å²) in [6.45, 7) is -0.192. The van der Waals surface area contributed by atoms with Gasteiger partial charge in [-0.2, -0.15) is 5.10 Å². The molecular formula is C9H12N4O3. The topological polar surface area (TPSA) is 88.3 Å². The molecule has 1 aromatic heterocycles. The van der Waals surface area contributed by atoms with Crippen molar-refractivity contribution in [2.75, 3.05) is 6.54 Å². The second kappa shape index (κ2) is 4.30. The van der Waals surface area contributed by atoms with Crippen molar-refractivity contribution in [1.29, 1.82) is 0 Å². The molecule has 1 saturated carbocycles. The lowest BCUT2D eigenvalue weighted by atomic mass is 10.4. The number of amides is 1. The van der Waals surface area contributed by atoms with Crippen LogP contribution in [0.15, 0.2) is 12.7 Å². The normalized spacial score (nSPS) is 14.8. The summed E-state index contributed by atoms with van der Waals surface area (Å²) in [5.74, 6) is -1.21. The zero-order chi connectivity index (χ0) is 11.5. The molecule has 2 rings (SSSR count). The Kier molecular flexibility index (Phi) is 2.84. The zero-order valence-corrected chi connectivity index (χ0v) is 8.61. The number of hydrogen-bond donors (Lipinski definition) is 1. The summed E-state index contributed by atoms with van der Waals surface area (Å²) in [6.07, 6.45) is 4.54. The quantitative estimate of drug-likeness (QED) is 0.718. The number of rotatable bonds is 5. The van der Waals surface area contributed by atoms with Crippen molar-refractivity contribution in [3.8, 4) is 0 Å². The van der Waals surface area contributed by atoms with E-state index in [1.54, 1.807) is 0 Å². The van der Waals surface area contributed by atoms with Gasteiger partial charge in [-0.1, -0.05) is 0 Å². The Bertz CT molecular complexity index is 385. The summed E-state index contributed by atoms with van der Waals surface area (Å²) in [6, 6.07) is 0.0899. The van der Waals surface area contributed by atoms with E-state index in [-0.39, 0.29) is 25.0 Å². The highest BCUT2D eigenvalue weighted by molar-refractivity contribution is 5.81. The highest BCUT2D eigenvalue weighted by Crippen LogP contribution is 2.26. The fourth-order valence-electron chi connectivity index (χ4n) is 1.50. The number of aromatic nitrogens is 3. The third-order valence-electron chi connectivity index (χ3n) is 2.38. The van der Waals surface area contributed by atoms with Crippen LogP contribution in [-0.2, 0) is 16.1 Å². The van der Waals surface area contributed by atoms with Crippen LogP contribution in [0.3, 0.4) is 0 Å². The van der Waals surface area contributed by atoms with E-state index in [0.29, 0.717) is 0 Å². The van der Waals surface area contributed by atoms with Crippen LogP contribution in [0.25, 0.3) is 0 Å². The van der Waals surface area contributed by atoms with Gasteiger partial charge >= 0.3 is 5.97 Å². The number of carbonyl (C=O) groups excluding carboxylic acids is 1. The molecule has 0 aromatic carbocycles. The molecule has 7 nitrogen and oxygen atoms in total. The summed E-state index contributed by atoms with van der Waals surface area (Å²) >= 11 is 0. The van der Waals surface area contributed by atoms with Gasteiger partial charge in [0.05, 0.1) is 0 Å². The Morgan fingerprint density at radius 2 is 2.25 bits per heavy atom. The molecule has 7 heteroatoms. The smallest absolute Gasteiger partial charge is 0.323 e. The molecular weight excluding hydrogens is 212 g/mol. The van der Waals surface area contributed by atoms with Gasteiger partial charge in [0, 0.05) is 6.04 Å². The predicted octanol–water partition coefficient (Wildman–Crippen LogP) is -0.646. The Balaban J connectivity index is 1.97. The molecule has 1 aromatic rings. The molecule has 0 radical (unpaired) electrons. The van der Waals surface area contributed by atoms with Gasteiger partial charge in [0.25, 0.3) is 0 Å². The van der Waals surface area contributed by atoms with Crippen molar-refractivity contribution in [2.45, 2.75) is 25.4 Å². The molecule has 0 bridgehead atoms. The maximum absolute atomic E-state index is 11.8. The molecule has 1 heterocycles. The molecule has 0 aliphatic heterocycles. The summed E-state index contributed by atoms with van der Waals surface area (Å²) in [5, 5.41) is 12.5. The van der Waals surface area contributed by atoms with E-state index in [2.05, 4.69) is 10.1 Å². The first-order valence-electron chi connectivity index (χ1n) is 5.00. The first-order chi connectivity index (χ1) is 7.66. The van der Waals surface area contributed by atoms with Gasteiger partial charge in [-0.3, -0.25) is 9.59 Å².